The number of rotatable bonds is 2. The van der Waals surface area contributed by atoms with Gasteiger partial charge < -0.3 is 4.98 Å². The van der Waals surface area contributed by atoms with Crippen LogP contribution in [0.5, 0.6) is 0 Å². The van der Waals surface area contributed by atoms with Gasteiger partial charge in [-0.15, -0.1) is 0 Å². The lowest BCUT2D eigenvalue weighted by atomic mass is 10.0. The first-order valence-electron chi connectivity index (χ1n) is 5.44. The third-order valence-corrected chi connectivity index (χ3v) is 2.65. The van der Waals surface area contributed by atoms with E-state index in [-0.39, 0.29) is 0 Å². The third-order valence-electron chi connectivity index (χ3n) is 2.65. The molecule has 2 aromatic heterocycles. The van der Waals surface area contributed by atoms with Crippen LogP contribution in [0.15, 0.2) is 61.2 Å². The quantitative estimate of drug-likeness (QED) is 0.722. The molecule has 3 nitrogen and oxygen atoms in total. The number of imidazole rings is 1. The van der Waals surface area contributed by atoms with E-state index in [4.69, 9.17) is 0 Å². The lowest BCUT2D eigenvalue weighted by molar-refractivity contribution is 1.30. The molecule has 0 unspecified atom stereocenters. The summed E-state index contributed by atoms with van der Waals surface area (Å²) in [5.41, 5.74) is 3.32. The number of hydrogen-bond acceptors (Lipinski definition) is 2. The first-order chi connectivity index (χ1) is 8.45. The normalized spacial score (nSPS) is 10.4. The highest BCUT2D eigenvalue weighted by atomic mass is 14.9. The van der Waals surface area contributed by atoms with Gasteiger partial charge in [0.25, 0.3) is 0 Å². The Labute approximate surface area is 99.2 Å². The van der Waals surface area contributed by atoms with E-state index in [1.54, 1.807) is 12.4 Å². The van der Waals surface area contributed by atoms with Crippen molar-refractivity contribution >= 4 is 0 Å². The van der Waals surface area contributed by atoms with Crippen molar-refractivity contribution in [1.82, 2.24) is 15.0 Å². The van der Waals surface area contributed by atoms with Crippen LogP contribution in [0.1, 0.15) is 0 Å². The summed E-state index contributed by atoms with van der Waals surface area (Å²) < 4.78 is 0. The fourth-order valence-electron chi connectivity index (χ4n) is 1.88. The molecule has 0 saturated carbocycles. The Morgan fingerprint density at radius 2 is 1.76 bits per heavy atom. The van der Waals surface area contributed by atoms with Crippen LogP contribution in [0.25, 0.3) is 22.5 Å². The van der Waals surface area contributed by atoms with E-state index in [1.165, 1.54) is 0 Å². The average molecular weight is 221 g/mol. The highest BCUT2D eigenvalue weighted by Gasteiger charge is 2.07. The minimum absolute atomic E-state index is 0.879. The molecule has 0 aliphatic rings. The first-order valence-corrected chi connectivity index (χ1v) is 5.44. The van der Waals surface area contributed by atoms with Gasteiger partial charge in [0.15, 0.2) is 0 Å². The van der Waals surface area contributed by atoms with Crippen LogP contribution < -0.4 is 0 Å². The maximum Gasteiger partial charge on any atom is 0.137 e. The molecule has 3 aromatic rings. The van der Waals surface area contributed by atoms with Crippen molar-refractivity contribution in [2.24, 2.45) is 0 Å². The predicted molar refractivity (Wildman–Crippen MR) is 67.3 cm³/mol. The maximum atomic E-state index is 4.30. The van der Waals surface area contributed by atoms with Gasteiger partial charge in [0.05, 0.1) is 0 Å². The first kappa shape index (κ1) is 9.78. The monoisotopic (exact) mass is 221 g/mol. The highest BCUT2D eigenvalue weighted by Crippen LogP contribution is 2.28. The summed E-state index contributed by atoms with van der Waals surface area (Å²) in [6.07, 6.45) is 7.23. The molecule has 3 rings (SSSR count). The Hall–Kier alpha value is -2.42. The molecular weight excluding hydrogens is 210 g/mol. The molecule has 3 heteroatoms. The van der Waals surface area contributed by atoms with E-state index in [0.717, 1.165) is 22.5 Å². The van der Waals surface area contributed by atoms with Crippen molar-refractivity contribution in [3.8, 4) is 22.5 Å². The summed E-state index contributed by atoms with van der Waals surface area (Å²) >= 11 is 0. The van der Waals surface area contributed by atoms with Crippen molar-refractivity contribution in [1.29, 1.82) is 0 Å². The zero-order valence-corrected chi connectivity index (χ0v) is 9.17. The molecule has 0 spiro atoms. The van der Waals surface area contributed by atoms with Crippen LogP contribution in [-0.2, 0) is 0 Å². The number of benzene rings is 1. The van der Waals surface area contributed by atoms with Crippen LogP contribution >= 0.6 is 0 Å². The molecule has 1 aromatic carbocycles. The van der Waals surface area contributed by atoms with Crippen molar-refractivity contribution in [2.45, 2.75) is 0 Å². The van der Waals surface area contributed by atoms with Gasteiger partial charge in [-0.3, -0.25) is 4.98 Å². The van der Waals surface area contributed by atoms with E-state index >= 15 is 0 Å². The van der Waals surface area contributed by atoms with E-state index in [0.29, 0.717) is 0 Å². The van der Waals surface area contributed by atoms with Crippen molar-refractivity contribution in [2.75, 3.05) is 0 Å². The van der Waals surface area contributed by atoms with Gasteiger partial charge in [0.2, 0.25) is 0 Å². The minimum atomic E-state index is 0.879. The fraction of sp³-hybridized carbons (Fsp3) is 0. The Morgan fingerprint density at radius 1 is 0.882 bits per heavy atom. The maximum absolute atomic E-state index is 4.30. The average Bonchev–Trinajstić information content (AvgIpc) is 2.94. The van der Waals surface area contributed by atoms with Gasteiger partial charge in [0, 0.05) is 35.9 Å². The van der Waals surface area contributed by atoms with Gasteiger partial charge in [-0.1, -0.05) is 30.3 Å². The molecule has 1 N–H and O–H groups in total. The second kappa shape index (κ2) is 4.22. The fourth-order valence-corrected chi connectivity index (χ4v) is 1.88. The van der Waals surface area contributed by atoms with E-state index < -0.39 is 0 Å². The highest BCUT2D eigenvalue weighted by molar-refractivity contribution is 5.79. The Morgan fingerprint density at radius 3 is 2.47 bits per heavy atom. The molecule has 2 heterocycles. The summed E-state index contributed by atoms with van der Waals surface area (Å²) in [6, 6.07) is 12.2. The van der Waals surface area contributed by atoms with Crippen molar-refractivity contribution in [3.63, 3.8) is 0 Å². The number of aromatic amines is 1. The molecule has 0 amide bonds. The van der Waals surface area contributed by atoms with Gasteiger partial charge in [-0.25, -0.2) is 4.98 Å². The van der Waals surface area contributed by atoms with Crippen LogP contribution in [-0.4, -0.2) is 15.0 Å². The molecular formula is C14H11N3. The lowest BCUT2D eigenvalue weighted by Crippen LogP contribution is -1.86. The van der Waals surface area contributed by atoms with Crippen LogP contribution in [0.4, 0.5) is 0 Å². The number of aromatic nitrogens is 3. The Balaban J connectivity index is 2.18. The second-order valence-corrected chi connectivity index (χ2v) is 3.73. The molecule has 0 aliphatic carbocycles. The summed E-state index contributed by atoms with van der Waals surface area (Å²) in [6.45, 7) is 0. The molecule has 82 valence electrons. The van der Waals surface area contributed by atoms with E-state index in [2.05, 4.69) is 33.2 Å². The zero-order chi connectivity index (χ0) is 11.5. The largest absolute Gasteiger partial charge is 0.345 e. The smallest absolute Gasteiger partial charge is 0.137 e. The standard InChI is InChI=1S/C14H11N3/c1-2-6-13(14-16-8-9-17-14)12(5-1)11-4-3-7-15-10-11/h1-10H,(H,16,17). The number of H-pyrrole nitrogens is 1. The van der Waals surface area contributed by atoms with Crippen LogP contribution in [0, 0.1) is 0 Å². The van der Waals surface area contributed by atoms with Gasteiger partial charge >= 0.3 is 0 Å². The Bertz CT molecular complexity index is 600. The van der Waals surface area contributed by atoms with E-state index in [1.807, 2.05) is 30.6 Å². The van der Waals surface area contributed by atoms with Crippen molar-refractivity contribution in [3.05, 3.63) is 61.2 Å². The molecule has 0 fully saturated rings. The van der Waals surface area contributed by atoms with Gasteiger partial charge in [-0.2, -0.15) is 0 Å². The third kappa shape index (κ3) is 1.83. The molecule has 0 radical (unpaired) electrons. The summed E-state index contributed by atoms with van der Waals surface area (Å²) in [4.78, 5) is 11.6. The zero-order valence-electron chi connectivity index (χ0n) is 9.17. The molecule has 0 aliphatic heterocycles. The van der Waals surface area contributed by atoms with Crippen molar-refractivity contribution < 1.29 is 0 Å². The molecule has 0 atom stereocenters. The van der Waals surface area contributed by atoms with Crippen LogP contribution in [0.2, 0.25) is 0 Å². The molecule has 0 saturated heterocycles. The molecule has 0 bridgehead atoms. The van der Waals surface area contributed by atoms with E-state index in [9.17, 15) is 0 Å². The SMILES string of the molecule is c1cncc(-c2ccccc2-c2ncc[nH]2)c1. The summed E-state index contributed by atoms with van der Waals surface area (Å²) in [5, 5.41) is 0. The number of pyridine rings is 1. The Kier molecular flexibility index (Phi) is 2.43. The predicted octanol–water partition coefficient (Wildman–Crippen LogP) is 3.14. The topological polar surface area (TPSA) is 41.6 Å². The van der Waals surface area contributed by atoms with Gasteiger partial charge in [0.1, 0.15) is 5.82 Å². The second-order valence-electron chi connectivity index (χ2n) is 3.73. The summed E-state index contributed by atoms with van der Waals surface area (Å²) in [5.74, 6) is 0.879. The minimum Gasteiger partial charge on any atom is -0.345 e. The summed E-state index contributed by atoms with van der Waals surface area (Å²) in [7, 11) is 0. The number of nitrogens with zero attached hydrogens (tertiary/aromatic N) is 2. The number of nitrogens with one attached hydrogen (secondary N) is 1. The molecule has 17 heavy (non-hydrogen) atoms. The number of hydrogen-bond donors (Lipinski definition) is 1. The lowest BCUT2D eigenvalue weighted by Gasteiger charge is -2.06. The van der Waals surface area contributed by atoms with Gasteiger partial charge in [-0.05, 0) is 11.6 Å². The van der Waals surface area contributed by atoms with Crippen LogP contribution in [0.3, 0.4) is 0 Å².